The Morgan fingerprint density at radius 2 is 2.12 bits per heavy atom. The summed E-state index contributed by atoms with van der Waals surface area (Å²) in [5.74, 6) is -0.150. The minimum Gasteiger partial charge on any atom is -0.385 e. The Kier molecular flexibility index (Phi) is 4.09. The van der Waals surface area contributed by atoms with Crippen molar-refractivity contribution in [3.8, 4) is 0 Å². The van der Waals surface area contributed by atoms with Crippen molar-refractivity contribution in [1.29, 1.82) is 0 Å². The Hall–Kier alpha value is -1.16. The van der Waals surface area contributed by atoms with E-state index in [4.69, 9.17) is 0 Å². The van der Waals surface area contributed by atoms with Crippen LogP contribution in [-0.2, 0) is 24.7 Å². The smallest absolute Gasteiger partial charge is 0.167 e. The van der Waals surface area contributed by atoms with Gasteiger partial charge in [0.1, 0.15) is 6.10 Å². The molecule has 1 rings (SSSR count). The van der Waals surface area contributed by atoms with Crippen molar-refractivity contribution in [2.45, 2.75) is 46.6 Å². The first-order valence-corrected chi connectivity index (χ1v) is 5.98. The van der Waals surface area contributed by atoms with Gasteiger partial charge in [-0.2, -0.15) is 5.10 Å². The predicted molar refractivity (Wildman–Crippen MR) is 66.8 cm³/mol. The lowest BCUT2D eigenvalue weighted by molar-refractivity contribution is -0.131. The molecule has 0 aromatic carbocycles. The number of aryl methyl sites for hydroxylation is 2. The minimum atomic E-state index is -0.928. The molecule has 0 fully saturated rings. The van der Waals surface area contributed by atoms with Crippen LogP contribution in [0.25, 0.3) is 0 Å². The van der Waals surface area contributed by atoms with E-state index in [9.17, 15) is 9.90 Å². The third-order valence-corrected chi connectivity index (χ3v) is 2.87. The number of aromatic nitrogens is 2. The lowest BCUT2D eigenvalue weighted by atomic mass is 9.85. The van der Waals surface area contributed by atoms with Crippen LogP contribution in [0.15, 0.2) is 6.07 Å². The number of carbonyl (C=O) groups excluding carboxylic acids is 1. The fraction of sp³-hybridized carbons (Fsp3) is 0.692. The van der Waals surface area contributed by atoms with Crippen molar-refractivity contribution in [3.63, 3.8) is 0 Å². The van der Waals surface area contributed by atoms with E-state index in [0.717, 1.165) is 17.8 Å². The number of aliphatic hydroxyl groups excluding tert-OH is 1. The number of aliphatic hydroxyl groups is 1. The summed E-state index contributed by atoms with van der Waals surface area (Å²) in [6.45, 7) is 7.60. The van der Waals surface area contributed by atoms with E-state index in [0.29, 0.717) is 0 Å². The molecule has 0 amide bonds. The Labute approximate surface area is 103 Å². The number of nitrogens with zero attached hydrogens (tertiary/aromatic N) is 2. The molecule has 0 radical (unpaired) electrons. The quantitative estimate of drug-likeness (QED) is 0.865. The summed E-state index contributed by atoms with van der Waals surface area (Å²) in [4.78, 5) is 11.9. The van der Waals surface area contributed by atoms with E-state index >= 15 is 0 Å². The molecule has 1 heterocycles. The molecule has 96 valence electrons. The molecule has 0 aliphatic rings. The van der Waals surface area contributed by atoms with E-state index in [1.54, 1.807) is 4.68 Å². The second-order valence-corrected chi connectivity index (χ2v) is 5.52. The van der Waals surface area contributed by atoms with Gasteiger partial charge in [0.05, 0.1) is 12.1 Å². The number of carbonyl (C=O) groups is 1. The van der Waals surface area contributed by atoms with E-state index in [1.807, 2.05) is 40.8 Å². The van der Waals surface area contributed by atoms with Gasteiger partial charge in [-0.15, -0.1) is 0 Å². The molecular formula is C13H22N2O2. The zero-order chi connectivity index (χ0) is 13.2. The normalized spacial score (nSPS) is 13.8. The topological polar surface area (TPSA) is 55.1 Å². The van der Waals surface area contributed by atoms with Gasteiger partial charge in [0.15, 0.2) is 5.78 Å². The van der Waals surface area contributed by atoms with Gasteiger partial charge >= 0.3 is 0 Å². The van der Waals surface area contributed by atoms with Gasteiger partial charge < -0.3 is 5.11 Å². The Bertz CT molecular complexity index is 402. The van der Waals surface area contributed by atoms with Crippen molar-refractivity contribution in [3.05, 3.63) is 17.5 Å². The van der Waals surface area contributed by atoms with Crippen molar-refractivity contribution in [2.75, 3.05) is 0 Å². The molecule has 0 spiro atoms. The number of hydrogen-bond donors (Lipinski definition) is 1. The van der Waals surface area contributed by atoms with E-state index < -0.39 is 11.5 Å². The van der Waals surface area contributed by atoms with Crippen LogP contribution in [0.4, 0.5) is 0 Å². The fourth-order valence-corrected chi connectivity index (χ4v) is 1.67. The molecule has 0 saturated carbocycles. The molecule has 4 heteroatoms. The predicted octanol–water partition coefficient (Wildman–Crippen LogP) is 1.50. The van der Waals surface area contributed by atoms with Gasteiger partial charge in [-0.25, -0.2) is 0 Å². The summed E-state index contributed by atoms with van der Waals surface area (Å²) in [6.07, 6.45) is 0.161. The standard InChI is InChI=1S/C13H22N2O2/c1-6-9-7-10(15(5)14-9)8-11(16)12(17)13(2,3)4/h7,12,17H,6,8H2,1-5H3. The van der Waals surface area contributed by atoms with Crippen LogP contribution in [0.1, 0.15) is 39.1 Å². The number of hydrogen-bond acceptors (Lipinski definition) is 3. The van der Waals surface area contributed by atoms with Crippen molar-refractivity contribution in [2.24, 2.45) is 12.5 Å². The molecule has 0 aliphatic heterocycles. The second kappa shape index (κ2) is 5.00. The number of rotatable bonds is 4. The molecule has 0 bridgehead atoms. The van der Waals surface area contributed by atoms with Crippen LogP contribution in [0, 0.1) is 5.41 Å². The lowest BCUT2D eigenvalue weighted by Crippen LogP contribution is -2.35. The summed E-state index contributed by atoms with van der Waals surface area (Å²) in [7, 11) is 1.82. The molecule has 0 aliphatic carbocycles. The molecule has 1 unspecified atom stereocenters. The second-order valence-electron chi connectivity index (χ2n) is 5.52. The fourth-order valence-electron chi connectivity index (χ4n) is 1.67. The zero-order valence-corrected chi connectivity index (χ0v) is 11.3. The maximum absolute atomic E-state index is 11.9. The van der Waals surface area contributed by atoms with Gasteiger partial charge in [0.25, 0.3) is 0 Å². The zero-order valence-electron chi connectivity index (χ0n) is 11.3. The highest BCUT2D eigenvalue weighted by atomic mass is 16.3. The molecular weight excluding hydrogens is 216 g/mol. The maximum Gasteiger partial charge on any atom is 0.167 e. The lowest BCUT2D eigenvalue weighted by Gasteiger charge is -2.24. The minimum absolute atomic E-state index is 0.150. The first kappa shape index (κ1) is 13.9. The molecule has 0 saturated heterocycles. The molecule has 1 aromatic heterocycles. The average Bonchev–Trinajstić information content (AvgIpc) is 2.57. The highest BCUT2D eigenvalue weighted by molar-refractivity contribution is 5.85. The maximum atomic E-state index is 11.9. The summed E-state index contributed by atoms with van der Waals surface area (Å²) < 4.78 is 1.71. The van der Waals surface area contributed by atoms with Crippen LogP contribution in [-0.4, -0.2) is 26.8 Å². The van der Waals surface area contributed by atoms with Crippen LogP contribution < -0.4 is 0 Å². The van der Waals surface area contributed by atoms with Gasteiger partial charge in [0.2, 0.25) is 0 Å². The monoisotopic (exact) mass is 238 g/mol. The molecule has 4 nitrogen and oxygen atoms in total. The van der Waals surface area contributed by atoms with Gasteiger partial charge in [-0.05, 0) is 17.9 Å². The van der Waals surface area contributed by atoms with Gasteiger partial charge in [0, 0.05) is 12.7 Å². The third-order valence-electron chi connectivity index (χ3n) is 2.87. The highest BCUT2D eigenvalue weighted by Gasteiger charge is 2.29. The van der Waals surface area contributed by atoms with Crippen LogP contribution >= 0.6 is 0 Å². The summed E-state index contributed by atoms with van der Waals surface area (Å²) in [5, 5.41) is 14.2. The molecule has 1 N–H and O–H groups in total. The number of ketones is 1. The Morgan fingerprint density at radius 3 is 2.53 bits per heavy atom. The average molecular weight is 238 g/mol. The molecule has 1 aromatic rings. The summed E-state index contributed by atoms with van der Waals surface area (Å²) in [6, 6.07) is 1.92. The Balaban J connectivity index is 2.77. The largest absolute Gasteiger partial charge is 0.385 e. The van der Waals surface area contributed by atoms with E-state index in [1.165, 1.54) is 0 Å². The van der Waals surface area contributed by atoms with Crippen LogP contribution in [0.3, 0.4) is 0 Å². The molecule has 17 heavy (non-hydrogen) atoms. The first-order valence-electron chi connectivity index (χ1n) is 5.98. The Morgan fingerprint density at radius 1 is 1.53 bits per heavy atom. The first-order chi connectivity index (χ1) is 7.75. The molecule has 1 atom stereocenters. The van der Waals surface area contributed by atoms with Gasteiger partial charge in [-0.1, -0.05) is 27.7 Å². The van der Waals surface area contributed by atoms with Crippen molar-refractivity contribution in [1.82, 2.24) is 9.78 Å². The summed E-state index contributed by atoms with van der Waals surface area (Å²) >= 11 is 0. The third kappa shape index (κ3) is 3.40. The van der Waals surface area contributed by atoms with Crippen molar-refractivity contribution >= 4 is 5.78 Å². The van der Waals surface area contributed by atoms with Crippen molar-refractivity contribution < 1.29 is 9.90 Å². The van der Waals surface area contributed by atoms with E-state index in [-0.39, 0.29) is 12.2 Å². The van der Waals surface area contributed by atoms with Crippen LogP contribution in [0.5, 0.6) is 0 Å². The van der Waals surface area contributed by atoms with E-state index in [2.05, 4.69) is 5.10 Å². The number of Topliss-reactive ketones (excluding diaryl/α,β-unsaturated/α-hetero) is 1. The van der Waals surface area contributed by atoms with Gasteiger partial charge in [-0.3, -0.25) is 9.48 Å². The highest BCUT2D eigenvalue weighted by Crippen LogP contribution is 2.21. The van der Waals surface area contributed by atoms with Crippen LogP contribution in [0.2, 0.25) is 0 Å². The summed E-state index contributed by atoms with van der Waals surface area (Å²) in [5.41, 5.74) is 1.42. The SMILES string of the molecule is CCc1cc(CC(=O)C(O)C(C)(C)C)n(C)n1.